The molecule has 88 valence electrons. The molecule has 2 N–H and O–H groups in total. The van der Waals surface area contributed by atoms with Crippen molar-refractivity contribution in [2.45, 2.75) is 26.7 Å². The summed E-state index contributed by atoms with van der Waals surface area (Å²) in [5, 5.41) is 2.57. The van der Waals surface area contributed by atoms with E-state index in [1.54, 1.807) is 0 Å². The number of rotatable bonds is 6. The van der Waals surface area contributed by atoms with Crippen molar-refractivity contribution in [1.82, 2.24) is 5.32 Å². The number of nitrogens with one attached hydrogen (secondary N) is 1. The summed E-state index contributed by atoms with van der Waals surface area (Å²) in [5.41, 5.74) is 0. The van der Waals surface area contributed by atoms with E-state index in [0.29, 0.717) is 6.42 Å². The van der Waals surface area contributed by atoms with Gasteiger partial charge in [-0.15, -0.1) is 0 Å². The summed E-state index contributed by atoms with van der Waals surface area (Å²) in [6.07, 6.45) is 0.675. The van der Waals surface area contributed by atoms with Gasteiger partial charge in [0, 0.05) is 13.0 Å². The smallest absolute Gasteiger partial charge is 1.00 e. The van der Waals surface area contributed by atoms with E-state index in [2.05, 4.69) is 5.32 Å². The molecule has 0 bridgehead atoms. The van der Waals surface area contributed by atoms with Gasteiger partial charge in [-0.1, -0.05) is 13.8 Å². The molecule has 0 spiro atoms. The van der Waals surface area contributed by atoms with E-state index in [0.717, 1.165) is 0 Å². The summed E-state index contributed by atoms with van der Waals surface area (Å²) >= 11 is 0. The summed E-state index contributed by atoms with van der Waals surface area (Å²) in [6, 6.07) is 0. The van der Waals surface area contributed by atoms with Gasteiger partial charge in [-0.3, -0.25) is 9.35 Å². The Morgan fingerprint density at radius 2 is 2.00 bits per heavy atom. The molecule has 0 rings (SSSR count). The third-order valence-corrected chi connectivity index (χ3v) is 2.30. The summed E-state index contributed by atoms with van der Waals surface area (Å²) in [5.74, 6) is -0.110. The second kappa shape index (κ2) is 8.75. The minimum atomic E-state index is -3.90. The van der Waals surface area contributed by atoms with Crippen LogP contribution in [0.3, 0.4) is 0 Å². The Morgan fingerprint density at radius 3 is 2.40 bits per heavy atom. The average molecular weight is 265 g/mol. The Hall–Kier alpha value is 0.640. The number of hydrogen-bond donors (Lipinski definition) is 2. The Labute approximate surface area is 124 Å². The molecule has 0 aliphatic carbocycles. The van der Waals surface area contributed by atoms with Crippen LogP contribution in [0, 0.1) is 5.92 Å². The van der Waals surface area contributed by atoms with E-state index >= 15 is 0 Å². The number of carbonyl (C=O) groups excluding carboxylic acids is 1. The van der Waals surface area contributed by atoms with Gasteiger partial charge in [-0.05, 0) is 12.3 Å². The standard InChI is InChI=1S/C8H17NO4S.Ca.2H/c1-7(2)6-8(10)9-4-3-5-14(11,12)13;;;/h7H,3-6H2,1-2H3,(H,9,10)(H,11,12,13);;;/q;+2;2*-1. The van der Waals surface area contributed by atoms with Crippen molar-refractivity contribution in [3.8, 4) is 0 Å². The van der Waals surface area contributed by atoms with Gasteiger partial charge >= 0.3 is 37.7 Å². The van der Waals surface area contributed by atoms with Crippen molar-refractivity contribution in [2.75, 3.05) is 12.3 Å². The topological polar surface area (TPSA) is 83.5 Å². The number of carbonyl (C=O) groups is 1. The molecule has 1 amide bonds. The van der Waals surface area contributed by atoms with Crippen LogP contribution < -0.4 is 5.32 Å². The van der Waals surface area contributed by atoms with E-state index in [9.17, 15) is 13.2 Å². The van der Waals surface area contributed by atoms with Gasteiger partial charge in [-0.25, -0.2) is 0 Å². The van der Waals surface area contributed by atoms with Crippen LogP contribution in [0.1, 0.15) is 29.5 Å². The van der Waals surface area contributed by atoms with Gasteiger partial charge in [0.05, 0.1) is 5.75 Å². The van der Waals surface area contributed by atoms with Gasteiger partial charge in [0.2, 0.25) is 5.91 Å². The van der Waals surface area contributed by atoms with Crippen LogP contribution in [0.25, 0.3) is 0 Å². The largest absolute Gasteiger partial charge is 2.00 e. The van der Waals surface area contributed by atoms with Gasteiger partial charge < -0.3 is 8.17 Å². The summed E-state index contributed by atoms with van der Waals surface area (Å²) < 4.78 is 29.0. The van der Waals surface area contributed by atoms with Crippen LogP contribution in [0.5, 0.6) is 0 Å². The zero-order valence-corrected chi connectivity index (χ0v) is 12.2. The van der Waals surface area contributed by atoms with Gasteiger partial charge in [-0.2, -0.15) is 8.42 Å². The maximum Gasteiger partial charge on any atom is 2.00 e. The third kappa shape index (κ3) is 14.6. The zero-order valence-electron chi connectivity index (χ0n) is 11.2. The molecule has 5 nitrogen and oxygen atoms in total. The molecule has 0 aliphatic rings. The summed E-state index contributed by atoms with van der Waals surface area (Å²) in [4.78, 5) is 11.1. The van der Waals surface area contributed by atoms with Gasteiger partial charge in [0.1, 0.15) is 0 Å². The van der Waals surface area contributed by atoms with E-state index in [-0.39, 0.29) is 71.1 Å². The minimum Gasteiger partial charge on any atom is -1.00 e. The SMILES string of the molecule is CC(C)CC(=O)NCCCS(=O)(=O)O.[Ca+2].[H-].[H-]. The van der Waals surface area contributed by atoms with Crippen molar-refractivity contribution in [1.29, 1.82) is 0 Å². The Balaban J connectivity index is -0.000000282. The Bertz CT molecular complexity index is 285. The second-order valence-corrected chi connectivity index (χ2v) is 5.16. The van der Waals surface area contributed by atoms with E-state index in [1.165, 1.54) is 0 Å². The molecule has 0 radical (unpaired) electrons. The van der Waals surface area contributed by atoms with Crippen LogP contribution in [0.4, 0.5) is 0 Å². The fourth-order valence-electron chi connectivity index (χ4n) is 0.925. The number of hydrogen-bond acceptors (Lipinski definition) is 3. The molecule has 0 aromatic heterocycles. The third-order valence-electron chi connectivity index (χ3n) is 1.49. The first-order valence-electron chi connectivity index (χ1n) is 4.53. The van der Waals surface area contributed by atoms with E-state index < -0.39 is 10.1 Å². The molecule has 0 aromatic rings. The normalized spacial score (nSPS) is 10.9. The van der Waals surface area contributed by atoms with Crippen LogP contribution in [-0.4, -0.2) is 68.9 Å². The molecular formula is C8H19CaNO4S. The monoisotopic (exact) mass is 265 g/mol. The maximum absolute atomic E-state index is 11.1. The van der Waals surface area contributed by atoms with E-state index in [4.69, 9.17) is 4.55 Å². The van der Waals surface area contributed by atoms with Crippen molar-refractivity contribution in [2.24, 2.45) is 5.92 Å². The predicted octanol–water partition coefficient (Wildman–Crippen LogP) is 0.271. The quantitative estimate of drug-likeness (QED) is 0.410. The number of amides is 1. The van der Waals surface area contributed by atoms with Crippen molar-refractivity contribution in [3.63, 3.8) is 0 Å². The van der Waals surface area contributed by atoms with Crippen LogP contribution in [0.15, 0.2) is 0 Å². The Morgan fingerprint density at radius 1 is 1.47 bits per heavy atom. The summed E-state index contributed by atoms with van der Waals surface area (Å²) in [6.45, 7) is 4.14. The van der Waals surface area contributed by atoms with Crippen molar-refractivity contribution in [3.05, 3.63) is 0 Å². The average Bonchev–Trinajstić information content (AvgIpc) is 1.95. The van der Waals surface area contributed by atoms with Crippen molar-refractivity contribution >= 4 is 53.8 Å². The molecule has 7 heteroatoms. The molecule has 0 saturated carbocycles. The predicted molar refractivity (Wildman–Crippen MR) is 61.5 cm³/mol. The van der Waals surface area contributed by atoms with Gasteiger partial charge in [0.15, 0.2) is 0 Å². The molecule has 0 atom stereocenters. The minimum absolute atomic E-state index is 0. The summed E-state index contributed by atoms with van der Waals surface area (Å²) in [7, 11) is -3.90. The van der Waals surface area contributed by atoms with Crippen LogP contribution >= 0.6 is 0 Å². The molecule has 0 saturated heterocycles. The zero-order chi connectivity index (χ0) is 11.2. The first kappa shape index (κ1) is 18.0. The van der Waals surface area contributed by atoms with Crippen molar-refractivity contribution < 1.29 is 20.6 Å². The molecule has 0 aromatic carbocycles. The van der Waals surface area contributed by atoms with Crippen LogP contribution in [-0.2, 0) is 14.9 Å². The molecule has 0 aliphatic heterocycles. The first-order valence-corrected chi connectivity index (χ1v) is 6.14. The molecule has 0 heterocycles. The van der Waals surface area contributed by atoms with Gasteiger partial charge in [0.25, 0.3) is 10.1 Å². The fourth-order valence-corrected chi connectivity index (χ4v) is 1.43. The second-order valence-electron chi connectivity index (χ2n) is 3.59. The molecule has 15 heavy (non-hydrogen) atoms. The maximum atomic E-state index is 11.1. The fraction of sp³-hybridized carbons (Fsp3) is 0.875. The van der Waals surface area contributed by atoms with E-state index in [1.807, 2.05) is 13.8 Å². The van der Waals surface area contributed by atoms with Crippen LogP contribution in [0.2, 0.25) is 0 Å². The molecule has 0 unspecified atom stereocenters. The molecular weight excluding hydrogens is 246 g/mol. The first-order chi connectivity index (χ1) is 6.31. The molecule has 0 fully saturated rings. The Kier molecular flexibility index (Phi) is 10.5.